The highest BCUT2D eigenvalue weighted by Gasteiger charge is 2.40. The molecule has 1 saturated heterocycles. The van der Waals surface area contributed by atoms with Crippen LogP contribution in [0.5, 0.6) is 0 Å². The van der Waals surface area contributed by atoms with Crippen LogP contribution in [0.3, 0.4) is 0 Å². The number of nitrogens with zero attached hydrogens (tertiary/aromatic N) is 2. The van der Waals surface area contributed by atoms with E-state index in [4.69, 9.17) is 4.74 Å². The zero-order chi connectivity index (χ0) is 20.7. The minimum Gasteiger partial charge on any atom is -0.451 e. The Kier molecular flexibility index (Phi) is 5.22. The monoisotopic (exact) mass is 407 g/mol. The molecule has 2 aliphatic heterocycles. The fourth-order valence-electron chi connectivity index (χ4n) is 3.34. The molecule has 0 spiro atoms. The molecule has 0 radical (unpaired) electrons. The van der Waals surface area contributed by atoms with E-state index in [0.29, 0.717) is 24.9 Å². The Morgan fingerprint density at radius 2 is 1.96 bits per heavy atom. The lowest BCUT2D eigenvalue weighted by Crippen LogP contribution is -2.48. The maximum atomic E-state index is 12.7. The molecule has 1 N–H and O–H groups in total. The van der Waals surface area contributed by atoms with Crippen LogP contribution in [0.1, 0.15) is 46.1 Å². The predicted octanol–water partition coefficient (Wildman–Crippen LogP) is 1.45. The Morgan fingerprint density at radius 1 is 1.29 bits per heavy atom. The molecule has 9 heteroatoms. The lowest BCUT2D eigenvalue weighted by molar-refractivity contribution is -0.158. The van der Waals surface area contributed by atoms with Crippen LogP contribution in [0, 0.1) is 0 Å². The quantitative estimate of drug-likeness (QED) is 0.761. The highest BCUT2D eigenvalue weighted by atomic mass is 32.2. The van der Waals surface area contributed by atoms with E-state index < -0.39 is 33.7 Å². The molecule has 1 amide bonds. The second-order valence-electron chi connectivity index (χ2n) is 8.06. The van der Waals surface area contributed by atoms with Crippen molar-refractivity contribution in [1.82, 2.24) is 10.2 Å². The summed E-state index contributed by atoms with van der Waals surface area (Å²) in [4.78, 5) is 26.7. The maximum Gasteiger partial charge on any atom is 0.329 e. The van der Waals surface area contributed by atoms with Crippen LogP contribution in [0.2, 0.25) is 0 Å². The van der Waals surface area contributed by atoms with Gasteiger partial charge in [0.1, 0.15) is 10.9 Å². The first-order valence-corrected chi connectivity index (χ1v) is 10.7. The molecule has 0 aliphatic carbocycles. The molecule has 1 fully saturated rings. The molecule has 1 aromatic carbocycles. The summed E-state index contributed by atoms with van der Waals surface area (Å²) in [6.07, 6.45) is 0.257. The van der Waals surface area contributed by atoms with Gasteiger partial charge in [-0.15, -0.1) is 4.40 Å². The minimum absolute atomic E-state index is 0.141. The maximum absolute atomic E-state index is 12.7. The molecule has 0 saturated carbocycles. The number of amides is 1. The van der Waals surface area contributed by atoms with Crippen LogP contribution in [0.25, 0.3) is 0 Å². The largest absolute Gasteiger partial charge is 0.451 e. The zero-order valence-electron chi connectivity index (χ0n) is 16.4. The van der Waals surface area contributed by atoms with Crippen LogP contribution in [-0.2, 0) is 24.3 Å². The van der Waals surface area contributed by atoms with Crippen molar-refractivity contribution in [3.63, 3.8) is 0 Å². The number of ether oxygens (including phenoxy) is 1. The van der Waals surface area contributed by atoms with E-state index in [1.165, 1.54) is 13.0 Å². The topological polar surface area (TPSA) is 105 Å². The smallest absolute Gasteiger partial charge is 0.329 e. The number of esters is 1. The van der Waals surface area contributed by atoms with Crippen molar-refractivity contribution in [3.05, 3.63) is 29.8 Å². The number of hydrogen-bond acceptors (Lipinski definition) is 6. The number of benzene rings is 1. The number of fused-ring (bicyclic) bond motifs is 1. The fourth-order valence-corrected chi connectivity index (χ4v) is 4.56. The van der Waals surface area contributed by atoms with Gasteiger partial charge in [0.15, 0.2) is 11.9 Å². The van der Waals surface area contributed by atoms with Gasteiger partial charge >= 0.3 is 5.97 Å². The lowest BCUT2D eigenvalue weighted by atomic mass is 10.1. The number of likely N-dealkylation sites (tertiary alicyclic amines) is 1. The van der Waals surface area contributed by atoms with Gasteiger partial charge in [-0.1, -0.05) is 12.1 Å². The first kappa shape index (κ1) is 20.3. The minimum atomic E-state index is -3.77. The molecule has 2 aliphatic rings. The van der Waals surface area contributed by atoms with Gasteiger partial charge in [-0.05, 0) is 52.7 Å². The predicted molar refractivity (Wildman–Crippen MR) is 103 cm³/mol. The van der Waals surface area contributed by atoms with Crippen molar-refractivity contribution < 1.29 is 22.7 Å². The second-order valence-corrected chi connectivity index (χ2v) is 9.63. The van der Waals surface area contributed by atoms with Crippen molar-refractivity contribution in [1.29, 1.82) is 0 Å². The molecular weight excluding hydrogens is 382 g/mol. The summed E-state index contributed by atoms with van der Waals surface area (Å²) in [5, 5.41) is 2.77. The Morgan fingerprint density at radius 3 is 2.64 bits per heavy atom. The van der Waals surface area contributed by atoms with Crippen molar-refractivity contribution in [3.8, 4) is 0 Å². The third kappa shape index (κ3) is 4.04. The van der Waals surface area contributed by atoms with E-state index in [0.717, 1.165) is 0 Å². The van der Waals surface area contributed by atoms with Crippen molar-refractivity contribution in [2.75, 3.05) is 6.54 Å². The Balaban J connectivity index is 1.77. The summed E-state index contributed by atoms with van der Waals surface area (Å²) < 4.78 is 33.9. The average Bonchev–Trinajstić information content (AvgIpc) is 3.16. The molecule has 0 unspecified atom stereocenters. The van der Waals surface area contributed by atoms with E-state index in [-0.39, 0.29) is 16.6 Å². The molecule has 0 bridgehead atoms. The number of hydrogen-bond donors (Lipinski definition) is 1. The van der Waals surface area contributed by atoms with Crippen molar-refractivity contribution >= 4 is 27.7 Å². The van der Waals surface area contributed by atoms with Crippen LogP contribution >= 0.6 is 0 Å². The SMILES string of the molecule is C[C@@H](OC(=O)[C@@H]1CCCN1C1=NS(=O)(=O)c2ccccc21)C(=O)NC(C)(C)C. The Hall–Kier alpha value is -2.42. The van der Waals surface area contributed by atoms with E-state index >= 15 is 0 Å². The molecule has 1 aromatic rings. The highest BCUT2D eigenvalue weighted by Crippen LogP contribution is 2.31. The van der Waals surface area contributed by atoms with Gasteiger partial charge in [0.25, 0.3) is 15.9 Å². The van der Waals surface area contributed by atoms with Gasteiger partial charge in [-0.25, -0.2) is 4.79 Å². The number of sulfonamides is 1. The van der Waals surface area contributed by atoms with Gasteiger partial charge < -0.3 is 15.0 Å². The third-order valence-corrected chi connectivity index (χ3v) is 5.89. The summed E-state index contributed by atoms with van der Waals surface area (Å²) in [7, 11) is -3.77. The summed E-state index contributed by atoms with van der Waals surface area (Å²) in [6, 6.07) is 5.88. The summed E-state index contributed by atoms with van der Waals surface area (Å²) in [5.74, 6) is -0.670. The van der Waals surface area contributed by atoms with Crippen molar-refractivity contribution in [2.45, 2.75) is 63.1 Å². The first-order chi connectivity index (χ1) is 13.0. The Bertz CT molecular complexity index is 933. The van der Waals surface area contributed by atoms with Crippen LogP contribution in [0.15, 0.2) is 33.6 Å². The number of carbonyl (C=O) groups is 2. The molecule has 152 valence electrons. The van der Waals surface area contributed by atoms with Gasteiger partial charge in [-0.2, -0.15) is 8.42 Å². The number of rotatable bonds is 3. The number of amidine groups is 1. The zero-order valence-corrected chi connectivity index (χ0v) is 17.2. The summed E-state index contributed by atoms with van der Waals surface area (Å²) in [5.41, 5.74) is 0.0501. The van der Waals surface area contributed by atoms with Gasteiger partial charge in [0.05, 0.1) is 0 Å². The van der Waals surface area contributed by atoms with E-state index in [1.54, 1.807) is 23.1 Å². The first-order valence-electron chi connectivity index (χ1n) is 9.23. The molecule has 2 heterocycles. The van der Waals surface area contributed by atoms with E-state index in [1.807, 2.05) is 20.8 Å². The number of nitrogens with one attached hydrogen (secondary N) is 1. The van der Waals surface area contributed by atoms with Crippen LogP contribution in [-0.4, -0.2) is 55.3 Å². The summed E-state index contributed by atoms with van der Waals surface area (Å²) >= 11 is 0. The van der Waals surface area contributed by atoms with Crippen LogP contribution < -0.4 is 5.32 Å². The van der Waals surface area contributed by atoms with Crippen LogP contribution in [0.4, 0.5) is 0 Å². The molecule has 8 nitrogen and oxygen atoms in total. The third-order valence-electron chi connectivity index (χ3n) is 4.57. The lowest BCUT2D eigenvalue weighted by Gasteiger charge is -2.27. The molecular formula is C19H25N3O5S. The molecule has 2 atom stereocenters. The molecule has 0 aromatic heterocycles. The van der Waals surface area contributed by atoms with Gasteiger partial charge in [-0.3, -0.25) is 4.79 Å². The fraction of sp³-hybridized carbons (Fsp3) is 0.526. The standard InChI is InChI=1S/C19H25N3O5S/c1-12(17(23)20-19(2,3)4)27-18(24)14-9-7-11-22(14)16-13-8-5-6-10-15(13)28(25,26)21-16/h5-6,8,10,12,14H,7,9,11H2,1-4H3,(H,20,23)/t12-,14+/m1/s1. The number of carbonyl (C=O) groups excluding carboxylic acids is 2. The normalized spacial score (nSPS) is 21.6. The Labute approximate surface area is 165 Å². The molecule has 28 heavy (non-hydrogen) atoms. The average molecular weight is 407 g/mol. The van der Waals surface area contributed by atoms with E-state index in [2.05, 4.69) is 9.71 Å². The molecule has 3 rings (SSSR count). The highest BCUT2D eigenvalue weighted by molar-refractivity contribution is 7.90. The van der Waals surface area contributed by atoms with Crippen molar-refractivity contribution in [2.24, 2.45) is 4.40 Å². The van der Waals surface area contributed by atoms with Gasteiger partial charge in [0.2, 0.25) is 0 Å². The van der Waals surface area contributed by atoms with E-state index in [9.17, 15) is 18.0 Å². The second kappa shape index (κ2) is 7.20. The summed E-state index contributed by atoms with van der Waals surface area (Å²) in [6.45, 7) is 7.53. The van der Waals surface area contributed by atoms with Gasteiger partial charge in [0, 0.05) is 17.6 Å².